The monoisotopic (exact) mass is 564 g/mol. The Balaban J connectivity index is 2.24. The van der Waals surface area contributed by atoms with E-state index in [2.05, 4.69) is 4.99 Å². The Hall–Kier alpha value is -2.76. The van der Waals surface area contributed by atoms with Crippen molar-refractivity contribution in [2.45, 2.75) is 71.8 Å². The van der Waals surface area contributed by atoms with Gasteiger partial charge in [0.15, 0.2) is 11.5 Å². The van der Waals surface area contributed by atoms with Crippen molar-refractivity contribution in [1.82, 2.24) is 0 Å². The van der Waals surface area contributed by atoms with E-state index in [1.807, 2.05) is 27.7 Å². The second kappa shape index (κ2) is 12.4. The molecule has 0 saturated heterocycles. The van der Waals surface area contributed by atoms with Crippen LogP contribution in [0.15, 0.2) is 4.99 Å². The second-order valence-corrected chi connectivity index (χ2v) is 11.1. The minimum absolute atomic E-state index is 0.0346. The van der Waals surface area contributed by atoms with Gasteiger partial charge in [0.2, 0.25) is 0 Å². The van der Waals surface area contributed by atoms with Crippen molar-refractivity contribution in [2.24, 2.45) is 10.7 Å². The van der Waals surface area contributed by atoms with E-state index in [9.17, 15) is 14.4 Å². The summed E-state index contributed by atoms with van der Waals surface area (Å²) in [5.74, 6) is -0.261. The van der Waals surface area contributed by atoms with Gasteiger partial charge in [-0.1, -0.05) is 20.8 Å². The van der Waals surface area contributed by atoms with E-state index in [-0.39, 0.29) is 29.3 Å². The zero-order valence-electron chi connectivity index (χ0n) is 22.8. The van der Waals surface area contributed by atoms with Gasteiger partial charge in [0.25, 0.3) is 0 Å². The van der Waals surface area contributed by atoms with Crippen molar-refractivity contribution in [3.8, 4) is 11.5 Å². The minimum Gasteiger partial charge on any atom is -0.485 e. The SMILES string of the molecule is CCOC(=O)c1c(/N=C/c2sc(C(C)(C=O)CC)c3c2OCCO3)sc(C(N)(CC)CC)c1C(=O)OCC. The van der Waals surface area contributed by atoms with Gasteiger partial charge in [-0.3, -0.25) is 0 Å². The highest BCUT2D eigenvalue weighted by atomic mass is 32.1. The number of carbonyl (C=O) groups excluding carboxylic acids is 3. The van der Waals surface area contributed by atoms with Crippen LogP contribution in [-0.4, -0.2) is 50.9 Å². The molecule has 38 heavy (non-hydrogen) atoms. The molecule has 0 aromatic carbocycles. The molecule has 0 spiro atoms. The zero-order chi connectivity index (χ0) is 28.1. The van der Waals surface area contributed by atoms with E-state index in [0.717, 1.165) is 11.2 Å². The Labute approximate surface area is 231 Å². The molecule has 2 N–H and O–H groups in total. The molecular weight excluding hydrogens is 528 g/mol. The van der Waals surface area contributed by atoms with E-state index >= 15 is 0 Å². The lowest BCUT2D eigenvalue weighted by molar-refractivity contribution is -0.112. The van der Waals surface area contributed by atoms with E-state index < -0.39 is 22.9 Å². The van der Waals surface area contributed by atoms with Crippen LogP contribution in [0.5, 0.6) is 11.5 Å². The van der Waals surface area contributed by atoms with Gasteiger partial charge < -0.3 is 29.5 Å². The molecular formula is C27H36N2O7S2. The van der Waals surface area contributed by atoms with Gasteiger partial charge in [0, 0.05) is 11.1 Å². The van der Waals surface area contributed by atoms with Crippen molar-refractivity contribution in [3.05, 3.63) is 25.8 Å². The first-order valence-corrected chi connectivity index (χ1v) is 14.5. The first-order chi connectivity index (χ1) is 18.1. The summed E-state index contributed by atoms with van der Waals surface area (Å²) in [5, 5.41) is 0.285. The molecule has 0 radical (unpaired) electrons. The summed E-state index contributed by atoms with van der Waals surface area (Å²) in [7, 11) is 0. The molecule has 2 aromatic rings. The fourth-order valence-electron chi connectivity index (χ4n) is 4.07. The number of aliphatic imine (C=N–C) groups is 1. The number of hydrogen-bond donors (Lipinski definition) is 1. The Kier molecular flexibility index (Phi) is 9.72. The summed E-state index contributed by atoms with van der Waals surface area (Å²) in [6, 6.07) is 0. The highest BCUT2D eigenvalue weighted by Crippen LogP contribution is 2.50. The third kappa shape index (κ3) is 5.50. The molecule has 208 valence electrons. The van der Waals surface area contributed by atoms with Crippen molar-refractivity contribution >= 4 is 52.1 Å². The smallest absolute Gasteiger partial charge is 0.342 e. The molecule has 0 saturated carbocycles. The number of esters is 2. The van der Waals surface area contributed by atoms with Crippen molar-refractivity contribution in [3.63, 3.8) is 0 Å². The molecule has 1 atom stereocenters. The van der Waals surface area contributed by atoms with Crippen LogP contribution in [0.25, 0.3) is 0 Å². The van der Waals surface area contributed by atoms with Crippen LogP contribution in [0.2, 0.25) is 0 Å². The number of nitrogens with zero attached hydrogens (tertiary/aromatic N) is 1. The van der Waals surface area contributed by atoms with E-state index in [1.165, 1.54) is 22.7 Å². The number of hydrogen-bond acceptors (Lipinski definition) is 11. The van der Waals surface area contributed by atoms with Crippen molar-refractivity contribution in [2.75, 3.05) is 26.4 Å². The number of thiophene rings is 2. The second-order valence-electron chi connectivity index (χ2n) is 9.09. The Morgan fingerprint density at radius 3 is 2.03 bits per heavy atom. The lowest BCUT2D eigenvalue weighted by atomic mass is 9.87. The molecule has 1 aliphatic heterocycles. The highest BCUT2D eigenvalue weighted by molar-refractivity contribution is 7.17. The quantitative estimate of drug-likeness (QED) is 0.203. The molecule has 3 heterocycles. The van der Waals surface area contributed by atoms with Gasteiger partial charge in [0.05, 0.1) is 39.5 Å². The standard InChI is InChI=1S/C27H36N2O7S2/c1-7-26(6,15-30)22-20-19(35-12-13-36-20)16(37-22)14-29-23-18(25(32)34-11-5)17(24(31)33-10-4)21(38-23)27(28,8-2)9-3/h14-15H,7-13,28H2,1-6H3/b29-14+. The first-order valence-electron chi connectivity index (χ1n) is 12.9. The molecule has 2 aromatic heterocycles. The molecule has 1 aliphatic rings. The summed E-state index contributed by atoms with van der Waals surface area (Å²) >= 11 is 2.54. The third-order valence-electron chi connectivity index (χ3n) is 6.80. The van der Waals surface area contributed by atoms with Crippen LogP contribution in [0.3, 0.4) is 0 Å². The molecule has 9 nitrogen and oxygen atoms in total. The molecule has 1 unspecified atom stereocenters. The van der Waals surface area contributed by atoms with Crippen LogP contribution < -0.4 is 15.2 Å². The average Bonchev–Trinajstić information content (AvgIpc) is 3.51. The largest absolute Gasteiger partial charge is 0.485 e. The maximum absolute atomic E-state index is 13.2. The molecule has 0 fully saturated rings. The number of aldehydes is 1. The van der Waals surface area contributed by atoms with Crippen LogP contribution in [0.4, 0.5) is 5.00 Å². The van der Waals surface area contributed by atoms with Gasteiger partial charge in [-0.05, 0) is 40.0 Å². The maximum atomic E-state index is 13.2. The van der Waals surface area contributed by atoms with Crippen LogP contribution in [0.1, 0.15) is 96.2 Å². The molecule has 0 bridgehead atoms. The molecule has 3 rings (SSSR count). The van der Waals surface area contributed by atoms with Gasteiger partial charge in [-0.15, -0.1) is 22.7 Å². The summed E-state index contributed by atoms with van der Waals surface area (Å²) < 4.78 is 22.4. The maximum Gasteiger partial charge on any atom is 0.342 e. The van der Waals surface area contributed by atoms with Gasteiger partial charge in [0.1, 0.15) is 30.1 Å². The summed E-state index contributed by atoms with van der Waals surface area (Å²) in [6.45, 7) is 12.1. The minimum atomic E-state index is -0.860. The lowest BCUT2D eigenvalue weighted by Crippen LogP contribution is -2.36. The Bertz CT molecular complexity index is 1210. The van der Waals surface area contributed by atoms with Crippen molar-refractivity contribution in [1.29, 1.82) is 0 Å². The highest BCUT2D eigenvalue weighted by Gasteiger charge is 2.38. The van der Waals surface area contributed by atoms with Crippen molar-refractivity contribution < 1.29 is 33.3 Å². The summed E-state index contributed by atoms with van der Waals surface area (Å²) in [4.78, 5) is 44.9. The summed E-state index contributed by atoms with van der Waals surface area (Å²) in [6.07, 6.45) is 4.16. The predicted molar refractivity (Wildman–Crippen MR) is 149 cm³/mol. The molecule has 0 amide bonds. The fourth-order valence-corrected chi connectivity index (χ4v) is 6.68. The van der Waals surface area contributed by atoms with E-state index in [0.29, 0.717) is 53.7 Å². The number of carbonyl (C=O) groups is 3. The summed E-state index contributed by atoms with van der Waals surface area (Å²) in [5.41, 5.74) is 5.25. The number of rotatable bonds is 12. The van der Waals surface area contributed by atoms with Gasteiger partial charge in [-0.2, -0.15) is 0 Å². The Morgan fingerprint density at radius 2 is 1.50 bits per heavy atom. The fraction of sp³-hybridized carbons (Fsp3) is 0.556. The number of ether oxygens (including phenoxy) is 4. The average molecular weight is 565 g/mol. The third-order valence-corrected chi connectivity index (χ3v) is 9.48. The molecule has 11 heteroatoms. The number of fused-ring (bicyclic) bond motifs is 1. The molecule has 0 aliphatic carbocycles. The van der Waals surface area contributed by atoms with E-state index in [1.54, 1.807) is 20.1 Å². The predicted octanol–water partition coefficient (Wildman–Crippen LogP) is 5.53. The normalized spacial score (nSPS) is 14.8. The van der Waals surface area contributed by atoms with Gasteiger partial charge >= 0.3 is 11.9 Å². The zero-order valence-corrected chi connectivity index (χ0v) is 24.4. The van der Waals surface area contributed by atoms with Crippen LogP contribution in [-0.2, 0) is 25.2 Å². The first kappa shape index (κ1) is 29.8. The topological polar surface area (TPSA) is 127 Å². The van der Waals surface area contributed by atoms with Crippen LogP contribution in [0, 0.1) is 0 Å². The van der Waals surface area contributed by atoms with Gasteiger partial charge in [-0.25, -0.2) is 14.6 Å². The van der Waals surface area contributed by atoms with Crippen LogP contribution >= 0.6 is 22.7 Å². The lowest BCUT2D eigenvalue weighted by Gasteiger charge is -2.26. The Morgan fingerprint density at radius 1 is 0.921 bits per heavy atom. The number of nitrogens with two attached hydrogens (primary N) is 1. The van der Waals surface area contributed by atoms with E-state index in [4.69, 9.17) is 24.7 Å².